The van der Waals surface area contributed by atoms with Gasteiger partial charge in [0.15, 0.2) is 0 Å². The molecule has 0 atom stereocenters. The molecule has 2 saturated heterocycles. The van der Waals surface area contributed by atoms with E-state index in [1.54, 1.807) is 0 Å². The summed E-state index contributed by atoms with van der Waals surface area (Å²) in [5, 5.41) is 9.20. The summed E-state index contributed by atoms with van der Waals surface area (Å²) in [7, 11) is 0. The lowest BCUT2D eigenvalue weighted by molar-refractivity contribution is -0.135. The van der Waals surface area contributed by atoms with Gasteiger partial charge in [0.05, 0.1) is 6.61 Å². The number of para-hydroxylation sites is 1. The number of ether oxygens (including phenoxy) is 1. The lowest BCUT2D eigenvalue weighted by atomic mass is 9.70. The number of hydrogen-bond donors (Lipinski definition) is 1. The van der Waals surface area contributed by atoms with Gasteiger partial charge in [-0.2, -0.15) is 0 Å². The molecule has 5 rings (SSSR count). The van der Waals surface area contributed by atoms with Crippen LogP contribution in [-0.4, -0.2) is 66.8 Å². The smallest absolute Gasteiger partial charge is 0.237 e. The quantitative estimate of drug-likeness (QED) is 0.404. The zero-order valence-corrected chi connectivity index (χ0v) is 22.3. The van der Waals surface area contributed by atoms with E-state index in [1.165, 1.54) is 5.56 Å². The highest BCUT2D eigenvalue weighted by atomic mass is 16.5. The van der Waals surface area contributed by atoms with E-state index in [-0.39, 0.29) is 12.5 Å². The monoisotopic (exact) mass is 512 g/mol. The Kier molecular flexibility index (Phi) is 8.77. The van der Waals surface area contributed by atoms with Gasteiger partial charge in [0.1, 0.15) is 17.8 Å². The number of rotatable bonds is 10. The SMILES string of the molecule is O=C(N1CCCC1)C(CCN1CCC(c2ccccc2OCCO)CC1)(c1ccccc1)c1ccccc1. The maximum Gasteiger partial charge on any atom is 0.237 e. The molecule has 200 valence electrons. The number of benzene rings is 3. The normalized spacial score (nSPS) is 17.0. The molecule has 0 aliphatic carbocycles. The molecule has 3 aromatic carbocycles. The van der Waals surface area contributed by atoms with Crippen molar-refractivity contribution >= 4 is 5.91 Å². The van der Waals surface area contributed by atoms with Crippen molar-refractivity contribution in [2.24, 2.45) is 0 Å². The Balaban J connectivity index is 1.35. The molecule has 2 fully saturated rings. The standard InChI is InChI=1S/C33H40N2O3/c36-25-26-38-31-16-8-7-15-30(31)27-17-22-34(23-18-27)24-19-33(28-11-3-1-4-12-28,29-13-5-2-6-14-29)32(37)35-20-9-10-21-35/h1-8,11-16,27,36H,9-10,17-26H2. The van der Waals surface area contributed by atoms with Crippen LogP contribution in [0.5, 0.6) is 5.75 Å². The number of aliphatic hydroxyl groups is 1. The first-order valence-corrected chi connectivity index (χ1v) is 14.2. The zero-order valence-electron chi connectivity index (χ0n) is 22.3. The number of aliphatic hydroxyl groups excluding tert-OH is 1. The minimum absolute atomic E-state index is 0.0213. The van der Waals surface area contributed by atoms with Gasteiger partial charge >= 0.3 is 0 Å². The molecule has 3 aromatic rings. The Morgan fingerprint density at radius 3 is 2.00 bits per heavy atom. The van der Waals surface area contributed by atoms with Gasteiger partial charge in [0.2, 0.25) is 5.91 Å². The molecule has 5 nitrogen and oxygen atoms in total. The third kappa shape index (κ3) is 5.64. The summed E-state index contributed by atoms with van der Waals surface area (Å²) < 4.78 is 5.83. The van der Waals surface area contributed by atoms with Crippen molar-refractivity contribution in [3.05, 3.63) is 102 Å². The maximum absolute atomic E-state index is 14.4. The third-order valence-corrected chi connectivity index (χ3v) is 8.39. The number of likely N-dealkylation sites (tertiary alicyclic amines) is 2. The fraction of sp³-hybridized carbons (Fsp3) is 0.424. The molecule has 0 radical (unpaired) electrons. The molecule has 0 aromatic heterocycles. The first-order valence-electron chi connectivity index (χ1n) is 14.2. The van der Waals surface area contributed by atoms with Crippen molar-refractivity contribution in [3.63, 3.8) is 0 Å². The second kappa shape index (κ2) is 12.6. The van der Waals surface area contributed by atoms with Gasteiger partial charge in [-0.1, -0.05) is 78.9 Å². The van der Waals surface area contributed by atoms with Crippen LogP contribution in [0.2, 0.25) is 0 Å². The molecule has 2 aliphatic rings. The first-order chi connectivity index (χ1) is 18.7. The van der Waals surface area contributed by atoms with Crippen LogP contribution in [0.3, 0.4) is 0 Å². The summed E-state index contributed by atoms with van der Waals surface area (Å²) in [6, 6.07) is 29.1. The fourth-order valence-electron chi connectivity index (χ4n) is 6.34. The van der Waals surface area contributed by atoms with E-state index in [0.29, 0.717) is 12.5 Å². The summed E-state index contributed by atoms with van der Waals surface area (Å²) in [5.74, 6) is 1.58. The van der Waals surface area contributed by atoms with Crippen molar-refractivity contribution in [1.29, 1.82) is 0 Å². The highest BCUT2D eigenvalue weighted by molar-refractivity contribution is 5.92. The second-order valence-corrected chi connectivity index (χ2v) is 10.6. The molecule has 1 amide bonds. The van der Waals surface area contributed by atoms with Crippen molar-refractivity contribution in [1.82, 2.24) is 9.80 Å². The van der Waals surface area contributed by atoms with Gasteiger partial charge in [-0.05, 0) is 80.4 Å². The van der Waals surface area contributed by atoms with Crippen LogP contribution in [-0.2, 0) is 10.2 Å². The van der Waals surface area contributed by atoms with E-state index < -0.39 is 5.41 Å². The van der Waals surface area contributed by atoms with Gasteiger partial charge in [0, 0.05) is 13.1 Å². The molecule has 0 spiro atoms. The van der Waals surface area contributed by atoms with Crippen LogP contribution in [0.25, 0.3) is 0 Å². The Morgan fingerprint density at radius 1 is 0.816 bits per heavy atom. The van der Waals surface area contributed by atoms with E-state index in [1.807, 2.05) is 24.3 Å². The number of carbonyl (C=O) groups is 1. The molecule has 2 heterocycles. The summed E-state index contributed by atoms with van der Waals surface area (Å²) in [6.45, 7) is 4.91. The second-order valence-electron chi connectivity index (χ2n) is 10.6. The summed E-state index contributed by atoms with van der Waals surface area (Å²) >= 11 is 0. The number of carbonyl (C=O) groups excluding carboxylic acids is 1. The lowest BCUT2D eigenvalue weighted by Gasteiger charge is -2.40. The number of hydrogen-bond acceptors (Lipinski definition) is 4. The molecule has 0 saturated carbocycles. The summed E-state index contributed by atoms with van der Waals surface area (Å²) in [6.07, 6.45) is 5.05. The van der Waals surface area contributed by atoms with E-state index >= 15 is 0 Å². The van der Waals surface area contributed by atoms with E-state index in [2.05, 4.69) is 70.5 Å². The third-order valence-electron chi connectivity index (χ3n) is 8.39. The Hall–Kier alpha value is -3.15. The van der Waals surface area contributed by atoms with Crippen LogP contribution in [0, 0.1) is 0 Å². The molecule has 0 bridgehead atoms. The van der Waals surface area contributed by atoms with E-state index in [9.17, 15) is 9.90 Å². The predicted octanol–water partition coefficient (Wildman–Crippen LogP) is 5.24. The van der Waals surface area contributed by atoms with Gasteiger partial charge in [-0.3, -0.25) is 4.79 Å². The molecule has 1 N–H and O–H groups in total. The number of amides is 1. The topological polar surface area (TPSA) is 53.0 Å². The largest absolute Gasteiger partial charge is 0.491 e. The van der Waals surface area contributed by atoms with Gasteiger partial charge in [-0.25, -0.2) is 0 Å². The van der Waals surface area contributed by atoms with Crippen LogP contribution >= 0.6 is 0 Å². The van der Waals surface area contributed by atoms with Crippen molar-refractivity contribution in [3.8, 4) is 5.75 Å². The van der Waals surface area contributed by atoms with Crippen LogP contribution < -0.4 is 4.74 Å². The molecular weight excluding hydrogens is 472 g/mol. The summed E-state index contributed by atoms with van der Waals surface area (Å²) in [5.41, 5.74) is 2.74. The average molecular weight is 513 g/mol. The number of piperidine rings is 1. The van der Waals surface area contributed by atoms with Gasteiger partial charge in [0.25, 0.3) is 0 Å². The average Bonchev–Trinajstić information content (AvgIpc) is 3.53. The summed E-state index contributed by atoms with van der Waals surface area (Å²) in [4.78, 5) is 19.0. The Morgan fingerprint density at radius 2 is 1.39 bits per heavy atom. The van der Waals surface area contributed by atoms with Crippen LogP contribution in [0.15, 0.2) is 84.9 Å². The van der Waals surface area contributed by atoms with Crippen molar-refractivity contribution < 1.29 is 14.6 Å². The van der Waals surface area contributed by atoms with Gasteiger partial charge in [-0.15, -0.1) is 0 Å². The number of nitrogens with zero attached hydrogens (tertiary/aromatic N) is 2. The lowest BCUT2D eigenvalue weighted by Crippen LogP contribution is -2.49. The van der Waals surface area contributed by atoms with E-state index in [0.717, 1.165) is 81.7 Å². The Labute approximate surface area is 227 Å². The van der Waals surface area contributed by atoms with Crippen LogP contribution in [0.1, 0.15) is 54.7 Å². The molecule has 5 heteroatoms. The zero-order chi connectivity index (χ0) is 26.2. The first kappa shape index (κ1) is 26.5. The molecule has 0 unspecified atom stereocenters. The van der Waals surface area contributed by atoms with Gasteiger partial charge < -0.3 is 19.6 Å². The highest BCUT2D eigenvalue weighted by Gasteiger charge is 2.45. The predicted molar refractivity (Wildman–Crippen MR) is 152 cm³/mol. The Bertz CT molecular complexity index is 1110. The molecule has 38 heavy (non-hydrogen) atoms. The van der Waals surface area contributed by atoms with Crippen LogP contribution in [0.4, 0.5) is 0 Å². The van der Waals surface area contributed by atoms with Crippen molar-refractivity contribution in [2.45, 2.75) is 43.4 Å². The molecule has 2 aliphatic heterocycles. The minimum Gasteiger partial charge on any atom is -0.491 e. The highest BCUT2D eigenvalue weighted by Crippen LogP contribution is 2.40. The maximum atomic E-state index is 14.4. The van der Waals surface area contributed by atoms with Crippen molar-refractivity contribution in [2.75, 3.05) is 45.9 Å². The minimum atomic E-state index is -0.686. The fourth-order valence-corrected chi connectivity index (χ4v) is 6.34. The molecular formula is C33H40N2O3. The van der Waals surface area contributed by atoms with E-state index in [4.69, 9.17) is 4.74 Å².